The predicted octanol–water partition coefficient (Wildman–Crippen LogP) is 5.22. The van der Waals surface area contributed by atoms with E-state index in [1.807, 2.05) is 49.4 Å². The lowest BCUT2D eigenvalue weighted by Gasteiger charge is -2.28. The maximum absolute atomic E-state index is 12.7. The van der Waals surface area contributed by atoms with Crippen LogP contribution < -0.4 is 4.90 Å². The first-order valence-corrected chi connectivity index (χ1v) is 10.6. The van der Waals surface area contributed by atoms with Crippen LogP contribution in [0.5, 0.6) is 0 Å². The zero-order valence-electron chi connectivity index (χ0n) is 16.1. The largest absolute Gasteiger partial charge is 0.372 e. The van der Waals surface area contributed by atoms with E-state index in [2.05, 4.69) is 17.0 Å². The lowest BCUT2D eigenvalue weighted by Crippen LogP contribution is -2.29. The molecule has 0 bridgehead atoms. The molecule has 0 aliphatic carbocycles. The van der Waals surface area contributed by atoms with Gasteiger partial charge in [0.05, 0.1) is 11.4 Å². The molecule has 2 saturated heterocycles. The highest BCUT2D eigenvalue weighted by Crippen LogP contribution is 2.33. The monoisotopic (exact) mass is 392 g/mol. The number of carbonyl (C=O) groups is 2. The van der Waals surface area contributed by atoms with E-state index in [1.165, 1.54) is 29.8 Å². The Kier molecular flexibility index (Phi) is 5.53. The molecule has 4 rings (SSSR count). The molecule has 2 aromatic carbocycles. The Morgan fingerprint density at radius 3 is 2.29 bits per heavy atom. The van der Waals surface area contributed by atoms with Gasteiger partial charge in [-0.2, -0.15) is 0 Å². The number of hydrogen-bond donors (Lipinski definition) is 0. The molecular formula is C23H24N2O2S. The second-order valence-electron chi connectivity index (χ2n) is 7.39. The van der Waals surface area contributed by atoms with E-state index < -0.39 is 0 Å². The minimum atomic E-state index is -0.212. The molecule has 2 aliphatic heterocycles. The minimum absolute atomic E-state index is 0.207. The van der Waals surface area contributed by atoms with Crippen molar-refractivity contribution in [2.45, 2.75) is 32.7 Å². The Bertz CT molecular complexity index is 897. The fourth-order valence-electron chi connectivity index (χ4n) is 3.60. The van der Waals surface area contributed by atoms with Crippen LogP contribution in [0.4, 0.5) is 10.5 Å². The fraction of sp³-hybridized carbons (Fsp3) is 0.304. The van der Waals surface area contributed by atoms with Crippen LogP contribution in [0.25, 0.3) is 6.08 Å². The summed E-state index contributed by atoms with van der Waals surface area (Å²) in [6.07, 6.45) is 5.62. The van der Waals surface area contributed by atoms with E-state index in [-0.39, 0.29) is 11.1 Å². The van der Waals surface area contributed by atoms with Gasteiger partial charge in [0, 0.05) is 18.8 Å². The van der Waals surface area contributed by atoms with E-state index in [4.69, 9.17) is 0 Å². The summed E-state index contributed by atoms with van der Waals surface area (Å²) in [5.41, 5.74) is 4.29. The molecule has 0 spiro atoms. The van der Waals surface area contributed by atoms with Crippen LogP contribution in [0.2, 0.25) is 0 Å². The molecule has 2 aromatic rings. The summed E-state index contributed by atoms with van der Waals surface area (Å²) in [6, 6.07) is 16.2. The lowest BCUT2D eigenvalue weighted by molar-refractivity contribution is -0.123. The molecule has 0 N–H and O–H groups in total. The van der Waals surface area contributed by atoms with Crippen molar-refractivity contribution < 1.29 is 9.59 Å². The summed E-state index contributed by atoms with van der Waals surface area (Å²) < 4.78 is 0. The first-order chi connectivity index (χ1) is 13.6. The van der Waals surface area contributed by atoms with Crippen LogP contribution in [-0.4, -0.2) is 29.1 Å². The standard InChI is InChI=1S/C23H24N2O2S/c1-17-5-7-19(8-6-17)16-25-22(26)21(28-23(25)27)15-18-9-11-20(12-10-18)24-13-3-2-4-14-24/h5-12,15H,2-4,13-14,16H2,1H3/b21-15-. The number of piperidine rings is 1. The van der Waals surface area contributed by atoms with Gasteiger partial charge in [-0.05, 0) is 67.3 Å². The molecule has 2 aliphatic rings. The zero-order chi connectivity index (χ0) is 19.5. The lowest BCUT2D eigenvalue weighted by atomic mass is 10.1. The predicted molar refractivity (Wildman–Crippen MR) is 115 cm³/mol. The first-order valence-electron chi connectivity index (χ1n) is 9.76. The fourth-order valence-corrected chi connectivity index (χ4v) is 4.44. The van der Waals surface area contributed by atoms with Gasteiger partial charge >= 0.3 is 0 Å². The Balaban J connectivity index is 1.46. The summed E-state index contributed by atoms with van der Waals surface area (Å²) in [4.78, 5) is 29.3. The van der Waals surface area contributed by atoms with E-state index in [0.717, 1.165) is 41.5 Å². The summed E-state index contributed by atoms with van der Waals surface area (Å²) in [5.74, 6) is -0.212. The Morgan fingerprint density at radius 2 is 1.61 bits per heavy atom. The van der Waals surface area contributed by atoms with Crippen molar-refractivity contribution in [3.8, 4) is 0 Å². The van der Waals surface area contributed by atoms with Crippen molar-refractivity contribution in [2.24, 2.45) is 0 Å². The van der Waals surface area contributed by atoms with Crippen molar-refractivity contribution in [3.05, 3.63) is 70.1 Å². The average molecular weight is 393 g/mol. The molecule has 0 aromatic heterocycles. The summed E-state index contributed by atoms with van der Waals surface area (Å²) in [5, 5.41) is -0.207. The molecule has 5 heteroatoms. The second kappa shape index (κ2) is 8.23. The summed E-state index contributed by atoms with van der Waals surface area (Å²) in [7, 11) is 0. The molecule has 4 nitrogen and oxygen atoms in total. The third kappa shape index (κ3) is 4.14. The van der Waals surface area contributed by atoms with E-state index in [9.17, 15) is 9.59 Å². The van der Waals surface area contributed by atoms with Crippen LogP contribution in [0.15, 0.2) is 53.4 Å². The van der Waals surface area contributed by atoms with Crippen LogP contribution >= 0.6 is 11.8 Å². The van der Waals surface area contributed by atoms with Crippen LogP contribution in [0.3, 0.4) is 0 Å². The number of nitrogens with zero attached hydrogens (tertiary/aromatic N) is 2. The molecule has 2 fully saturated rings. The van der Waals surface area contributed by atoms with Gasteiger partial charge in [-0.3, -0.25) is 14.5 Å². The van der Waals surface area contributed by atoms with Gasteiger partial charge in [0.25, 0.3) is 11.1 Å². The maximum atomic E-state index is 12.7. The third-order valence-corrected chi connectivity index (χ3v) is 6.15. The Hall–Kier alpha value is -2.53. The van der Waals surface area contributed by atoms with Crippen molar-refractivity contribution in [2.75, 3.05) is 18.0 Å². The molecule has 0 unspecified atom stereocenters. The van der Waals surface area contributed by atoms with Gasteiger partial charge in [0.1, 0.15) is 0 Å². The maximum Gasteiger partial charge on any atom is 0.293 e. The Labute approximate surface area is 170 Å². The molecular weight excluding hydrogens is 368 g/mol. The number of amides is 2. The minimum Gasteiger partial charge on any atom is -0.372 e. The second-order valence-corrected chi connectivity index (χ2v) is 8.39. The van der Waals surface area contributed by atoms with Crippen molar-refractivity contribution in [1.29, 1.82) is 0 Å². The van der Waals surface area contributed by atoms with E-state index in [1.54, 1.807) is 0 Å². The first kappa shape index (κ1) is 18.8. The number of benzene rings is 2. The van der Waals surface area contributed by atoms with Crippen molar-refractivity contribution in [3.63, 3.8) is 0 Å². The normalized spacial score (nSPS) is 19.0. The van der Waals surface area contributed by atoms with Crippen LogP contribution in [0, 0.1) is 6.92 Å². The third-order valence-electron chi connectivity index (χ3n) is 5.25. The van der Waals surface area contributed by atoms with Gasteiger partial charge in [-0.15, -0.1) is 0 Å². The van der Waals surface area contributed by atoms with Gasteiger partial charge in [-0.1, -0.05) is 42.0 Å². The summed E-state index contributed by atoms with van der Waals surface area (Å²) >= 11 is 1.02. The molecule has 0 saturated carbocycles. The topological polar surface area (TPSA) is 40.6 Å². The molecule has 144 valence electrons. The van der Waals surface area contributed by atoms with Gasteiger partial charge in [-0.25, -0.2) is 0 Å². The number of anilines is 1. The SMILES string of the molecule is Cc1ccc(CN2C(=O)S/C(=C\c3ccc(N4CCCCC4)cc3)C2=O)cc1. The highest BCUT2D eigenvalue weighted by molar-refractivity contribution is 8.18. The smallest absolute Gasteiger partial charge is 0.293 e. The van der Waals surface area contributed by atoms with E-state index in [0.29, 0.717) is 11.4 Å². The average Bonchev–Trinajstić information content (AvgIpc) is 2.98. The number of thioether (sulfide) groups is 1. The number of imide groups is 1. The molecule has 0 radical (unpaired) electrons. The number of hydrogen-bond acceptors (Lipinski definition) is 4. The molecule has 2 heterocycles. The zero-order valence-corrected chi connectivity index (χ0v) is 16.9. The number of rotatable bonds is 4. The van der Waals surface area contributed by atoms with Gasteiger partial charge in [0.15, 0.2) is 0 Å². The Morgan fingerprint density at radius 1 is 0.929 bits per heavy atom. The number of carbonyl (C=O) groups excluding carboxylic acids is 2. The quantitative estimate of drug-likeness (QED) is 0.669. The molecule has 2 amide bonds. The molecule has 28 heavy (non-hydrogen) atoms. The highest BCUT2D eigenvalue weighted by atomic mass is 32.2. The van der Waals surface area contributed by atoms with Crippen LogP contribution in [-0.2, 0) is 11.3 Å². The summed E-state index contributed by atoms with van der Waals surface area (Å²) in [6.45, 7) is 4.55. The van der Waals surface area contributed by atoms with Gasteiger partial charge in [0.2, 0.25) is 0 Å². The highest BCUT2D eigenvalue weighted by Gasteiger charge is 2.34. The number of aryl methyl sites for hydroxylation is 1. The van der Waals surface area contributed by atoms with Crippen molar-refractivity contribution in [1.82, 2.24) is 4.90 Å². The van der Waals surface area contributed by atoms with E-state index >= 15 is 0 Å². The van der Waals surface area contributed by atoms with Crippen molar-refractivity contribution >= 4 is 34.7 Å². The van der Waals surface area contributed by atoms with Gasteiger partial charge < -0.3 is 4.90 Å². The molecule has 0 atom stereocenters. The van der Waals surface area contributed by atoms with Crippen LogP contribution in [0.1, 0.15) is 36.0 Å².